The van der Waals surface area contributed by atoms with Crippen molar-refractivity contribution in [2.45, 2.75) is 26.2 Å². The number of anilines is 3. The first-order chi connectivity index (χ1) is 29.6. The molecule has 3 aromatic carbocycles. The van der Waals surface area contributed by atoms with Gasteiger partial charge in [0.25, 0.3) is 0 Å². The molecular weight excluding hydrogens is 749 g/mol. The molecule has 0 aliphatic heterocycles. The number of hydrogen-bond donors (Lipinski definition) is 2. The van der Waals surface area contributed by atoms with Gasteiger partial charge in [0.1, 0.15) is 24.8 Å². The number of aryl methyl sites for hydroxylation is 2. The van der Waals surface area contributed by atoms with Crippen molar-refractivity contribution in [1.29, 1.82) is 0 Å². The fraction of sp³-hybridized carbons (Fsp3) is 0.0870. The Morgan fingerprint density at radius 3 is 1.95 bits per heavy atom. The van der Waals surface area contributed by atoms with Crippen LogP contribution >= 0.6 is 0 Å². The molecular formula is C46H34N14. The maximum Gasteiger partial charge on any atom is 0.240 e. The van der Waals surface area contributed by atoms with E-state index in [1.54, 1.807) is 6.20 Å². The van der Waals surface area contributed by atoms with E-state index in [0.29, 0.717) is 23.2 Å². The molecule has 1 aliphatic rings. The van der Waals surface area contributed by atoms with Crippen LogP contribution in [0.5, 0.6) is 0 Å². The van der Waals surface area contributed by atoms with E-state index in [-0.39, 0.29) is 5.92 Å². The predicted molar refractivity (Wildman–Crippen MR) is 233 cm³/mol. The van der Waals surface area contributed by atoms with Gasteiger partial charge in [-0.2, -0.15) is 9.97 Å². The molecule has 288 valence electrons. The molecule has 14 heteroatoms. The summed E-state index contributed by atoms with van der Waals surface area (Å²) >= 11 is 0. The lowest BCUT2D eigenvalue weighted by molar-refractivity contribution is 0.787. The first kappa shape index (κ1) is 33.8. The van der Waals surface area contributed by atoms with E-state index in [1.165, 1.54) is 11.9 Å². The van der Waals surface area contributed by atoms with Crippen LogP contribution in [-0.4, -0.2) is 58.0 Å². The van der Waals surface area contributed by atoms with Crippen LogP contribution in [-0.2, 0) is 0 Å². The lowest BCUT2D eigenvalue weighted by Gasteiger charge is -2.25. The summed E-state index contributed by atoms with van der Waals surface area (Å²) in [6.45, 7) is 4.08. The van der Waals surface area contributed by atoms with Gasteiger partial charge in [-0.25, -0.2) is 24.3 Å². The van der Waals surface area contributed by atoms with Crippen LogP contribution in [0, 0.1) is 13.8 Å². The van der Waals surface area contributed by atoms with Crippen LogP contribution < -0.4 is 10.6 Å². The number of allylic oxidation sites excluding steroid dienone is 4. The van der Waals surface area contributed by atoms with Crippen molar-refractivity contribution in [3.63, 3.8) is 0 Å². The molecule has 8 aromatic heterocycles. The van der Waals surface area contributed by atoms with Gasteiger partial charge in [0.2, 0.25) is 11.6 Å². The summed E-state index contributed by atoms with van der Waals surface area (Å²) in [7, 11) is 0. The number of imidazole rings is 2. The second-order valence-electron chi connectivity index (χ2n) is 14.9. The SMILES string of the molecule is Cc1ncccc1C1CC=CC=C1Nc1cccc2ncn(-c3nc4ncnc5nc(-n6cnc7cccc(Nc8cccn8-c8cccnc8C)c76)c6ccc3c6n45)c12. The normalized spacial score (nSPS) is 14.3. The van der Waals surface area contributed by atoms with Crippen molar-refractivity contribution in [3.05, 3.63) is 163 Å². The van der Waals surface area contributed by atoms with Gasteiger partial charge < -0.3 is 15.2 Å². The number of para-hydroxylation sites is 2. The van der Waals surface area contributed by atoms with Crippen LogP contribution in [0.4, 0.5) is 17.2 Å². The van der Waals surface area contributed by atoms with E-state index in [4.69, 9.17) is 19.9 Å². The van der Waals surface area contributed by atoms with Gasteiger partial charge in [-0.05, 0) is 98.6 Å². The molecule has 1 unspecified atom stereocenters. The number of rotatable bonds is 8. The van der Waals surface area contributed by atoms with Gasteiger partial charge in [0.15, 0.2) is 11.6 Å². The number of fused-ring (bicyclic) bond motifs is 2. The topological polar surface area (TPSA) is 146 Å². The first-order valence-electron chi connectivity index (χ1n) is 19.7. The van der Waals surface area contributed by atoms with E-state index < -0.39 is 0 Å². The average molecular weight is 783 g/mol. The molecule has 0 saturated carbocycles. The van der Waals surface area contributed by atoms with Crippen molar-refractivity contribution >= 4 is 67.1 Å². The smallest absolute Gasteiger partial charge is 0.240 e. The van der Waals surface area contributed by atoms with E-state index in [2.05, 4.69) is 101 Å². The third-order valence-electron chi connectivity index (χ3n) is 11.5. The Morgan fingerprint density at radius 2 is 1.27 bits per heavy atom. The van der Waals surface area contributed by atoms with Crippen molar-refractivity contribution in [1.82, 2.24) is 58.0 Å². The lowest BCUT2D eigenvalue weighted by atomic mass is 9.88. The van der Waals surface area contributed by atoms with Gasteiger partial charge in [-0.15, -0.1) is 0 Å². The molecule has 0 radical (unpaired) electrons. The van der Waals surface area contributed by atoms with Crippen LogP contribution in [0.15, 0.2) is 146 Å². The Kier molecular flexibility index (Phi) is 7.41. The monoisotopic (exact) mass is 782 g/mol. The highest BCUT2D eigenvalue weighted by atomic mass is 15.3. The minimum Gasteiger partial charge on any atom is -0.357 e. The number of aromatic nitrogens is 12. The van der Waals surface area contributed by atoms with Gasteiger partial charge >= 0.3 is 0 Å². The van der Waals surface area contributed by atoms with E-state index >= 15 is 0 Å². The molecule has 0 amide bonds. The third kappa shape index (κ3) is 5.13. The Bertz CT molecular complexity index is 3530. The lowest BCUT2D eigenvalue weighted by Crippen LogP contribution is -2.14. The summed E-state index contributed by atoms with van der Waals surface area (Å²) in [5.74, 6) is 3.34. The largest absolute Gasteiger partial charge is 0.357 e. The van der Waals surface area contributed by atoms with E-state index in [1.807, 2.05) is 89.5 Å². The zero-order chi connectivity index (χ0) is 39.9. The number of nitrogens with one attached hydrogen (secondary N) is 2. The Morgan fingerprint density at radius 1 is 0.600 bits per heavy atom. The minimum atomic E-state index is 0.131. The number of hydrogen-bond acceptors (Lipinski definition) is 10. The second-order valence-corrected chi connectivity index (χ2v) is 14.9. The standard InChI is InChI=1S/C46H34N14/c1-27-29(11-7-21-47-27)30-10-3-4-12-33(30)53-36-15-5-13-34-41(36)58(25-51-34)43-31-19-20-32-40(31)60-45(55-43)49-24-50-46(60)56-44(32)59-26-52-35-14-6-16-37(42(35)59)54-39-18-9-23-57(39)38-17-8-22-48-28(38)2/h3-9,11-26,30,53-54H,10H2,1-2H3. The third-order valence-corrected chi connectivity index (χ3v) is 11.5. The molecule has 14 nitrogen and oxygen atoms in total. The fourth-order valence-electron chi connectivity index (χ4n) is 8.73. The summed E-state index contributed by atoms with van der Waals surface area (Å²) in [5, 5.41) is 9.29. The highest BCUT2D eigenvalue weighted by Crippen LogP contribution is 2.39. The fourth-order valence-corrected chi connectivity index (χ4v) is 8.73. The number of pyridine rings is 2. The molecule has 2 N–H and O–H groups in total. The van der Waals surface area contributed by atoms with Gasteiger partial charge in [-0.1, -0.05) is 30.4 Å². The van der Waals surface area contributed by atoms with Gasteiger partial charge in [-0.3, -0.25) is 19.1 Å². The quantitative estimate of drug-likeness (QED) is 0.153. The predicted octanol–water partition coefficient (Wildman–Crippen LogP) is 8.92. The summed E-state index contributed by atoms with van der Waals surface area (Å²) < 4.78 is 8.12. The zero-order valence-electron chi connectivity index (χ0n) is 32.4. The summed E-state index contributed by atoms with van der Waals surface area (Å²) in [4.78, 5) is 38.5. The highest BCUT2D eigenvalue weighted by Gasteiger charge is 2.25. The molecule has 0 fully saturated rings. The summed E-state index contributed by atoms with van der Waals surface area (Å²) in [6, 6.07) is 28.6. The van der Waals surface area contributed by atoms with Crippen molar-refractivity contribution in [2.75, 3.05) is 10.6 Å². The Labute approximate surface area is 341 Å². The second kappa shape index (κ2) is 13.1. The molecule has 1 aliphatic carbocycles. The van der Waals surface area contributed by atoms with Crippen LogP contribution in [0.3, 0.4) is 0 Å². The van der Waals surface area contributed by atoms with Crippen molar-refractivity contribution in [2.24, 2.45) is 0 Å². The van der Waals surface area contributed by atoms with Crippen molar-refractivity contribution < 1.29 is 0 Å². The summed E-state index contributed by atoms with van der Waals surface area (Å²) in [5.41, 5.74) is 11.3. The first-order valence-corrected chi connectivity index (χ1v) is 19.7. The van der Waals surface area contributed by atoms with E-state index in [0.717, 1.165) is 84.7 Å². The molecule has 12 rings (SSSR count). The van der Waals surface area contributed by atoms with Crippen LogP contribution in [0.2, 0.25) is 0 Å². The Balaban J connectivity index is 1.01. The molecule has 8 heterocycles. The van der Waals surface area contributed by atoms with Crippen LogP contribution in [0.25, 0.3) is 67.2 Å². The molecule has 0 bridgehead atoms. The maximum absolute atomic E-state index is 5.17. The van der Waals surface area contributed by atoms with Crippen LogP contribution in [0.1, 0.15) is 29.3 Å². The molecule has 60 heavy (non-hydrogen) atoms. The maximum atomic E-state index is 5.17. The zero-order valence-corrected chi connectivity index (χ0v) is 32.4. The highest BCUT2D eigenvalue weighted by molar-refractivity contribution is 6.08. The molecule has 11 aromatic rings. The number of benzene rings is 2. The average Bonchev–Trinajstić information content (AvgIpc) is 4.10. The van der Waals surface area contributed by atoms with Gasteiger partial charge in [0, 0.05) is 46.7 Å². The molecule has 0 spiro atoms. The molecule has 0 saturated heterocycles. The molecule has 1 atom stereocenters. The summed E-state index contributed by atoms with van der Waals surface area (Å²) in [6.07, 6.45) is 18.2. The Hall–Kier alpha value is -8.26. The van der Waals surface area contributed by atoms with E-state index in [9.17, 15) is 0 Å². The van der Waals surface area contributed by atoms with Gasteiger partial charge in [0.05, 0.1) is 50.3 Å². The minimum absolute atomic E-state index is 0.131. The number of nitrogens with zero attached hydrogens (tertiary/aromatic N) is 12. The van der Waals surface area contributed by atoms with Crippen molar-refractivity contribution in [3.8, 4) is 17.3 Å².